The molecule has 0 radical (unpaired) electrons. The van der Waals surface area contributed by atoms with Gasteiger partial charge >= 0.3 is 0 Å². The smallest absolute Gasteiger partial charge is 0.187 e. The largest absolute Gasteiger partial charge is 0.395 e. The van der Waals surface area contributed by atoms with Crippen LogP contribution in [0.3, 0.4) is 0 Å². The highest BCUT2D eigenvalue weighted by atomic mass is 32.2. The van der Waals surface area contributed by atoms with Crippen LogP contribution in [0.4, 0.5) is 0 Å². The van der Waals surface area contributed by atoms with E-state index in [4.69, 9.17) is 5.11 Å². The number of aliphatic hydroxyl groups is 1. The summed E-state index contributed by atoms with van der Waals surface area (Å²) in [4.78, 5) is 8.19. The fourth-order valence-corrected chi connectivity index (χ4v) is 1.84. The van der Waals surface area contributed by atoms with Crippen molar-refractivity contribution >= 4 is 11.8 Å². The summed E-state index contributed by atoms with van der Waals surface area (Å²) >= 11 is 1.61. The van der Waals surface area contributed by atoms with Crippen molar-refractivity contribution in [3.63, 3.8) is 0 Å². The van der Waals surface area contributed by atoms with Gasteiger partial charge in [0.2, 0.25) is 0 Å². The quantitative estimate of drug-likeness (QED) is 0.533. The van der Waals surface area contributed by atoms with E-state index in [1.807, 2.05) is 7.05 Å². The highest BCUT2D eigenvalue weighted by molar-refractivity contribution is 7.99. The maximum Gasteiger partial charge on any atom is 0.187 e. The number of hydrogen-bond donors (Lipinski definition) is 2. The van der Waals surface area contributed by atoms with Crippen LogP contribution in [0.1, 0.15) is 6.42 Å². The molecule has 0 aliphatic heterocycles. The minimum atomic E-state index is 0.172. The summed E-state index contributed by atoms with van der Waals surface area (Å²) in [6.45, 7) is 0.173. The topological polar surface area (TPSA) is 58.0 Å². The Morgan fingerprint density at radius 1 is 1.50 bits per heavy atom. The van der Waals surface area contributed by atoms with Crippen LogP contribution in [0.15, 0.2) is 23.6 Å². The maximum atomic E-state index is 8.92. The minimum Gasteiger partial charge on any atom is -0.395 e. The Balaban J connectivity index is 2.21. The number of rotatable bonds is 6. The molecular formula is C9H15N3OS. The number of aromatic nitrogens is 2. The molecule has 0 aliphatic carbocycles. The average Bonchev–Trinajstić information content (AvgIpc) is 2.26. The Hall–Kier alpha value is -0.650. The van der Waals surface area contributed by atoms with Crippen LogP contribution in [0.2, 0.25) is 0 Å². The summed E-state index contributed by atoms with van der Waals surface area (Å²) in [5, 5.41) is 12.7. The van der Waals surface area contributed by atoms with Gasteiger partial charge in [0.25, 0.3) is 0 Å². The van der Waals surface area contributed by atoms with E-state index >= 15 is 0 Å². The van der Waals surface area contributed by atoms with E-state index in [2.05, 4.69) is 15.3 Å². The van der Waals surface area contributed by atoms with Gasteiger partial charge in [0.1, 0.15) is 0 Å². The summed E-state index contributed by atoms with van der Waals surface area (Å²) in [5.74, 6) is 0.913. The van der Waals surface area contributed by atoms with Crippen LogP contribution < -0.4 is 5.32 Å². The molecule has 0 aliphatic rings. The molecule has 1 aromatic rings. The Kier molecular flexibility index (Phi) is 5.51. The second kappa shape index (κ2) is 6.75. The average molecular weight is 213 g/mol. The summed E-state index contributed by atoms with van der Waals surface area (Å²) < 4.78 is 0. The first-order valence-electron chi connectivity index (χ1n) is 4.54. The van der Waals surface area contributed by atoms with E-state index < -0.39 is 0 Å². The normalized spacial score (nSPS) is 12.7. The van der Waals surface area contributed by atoms with Gasteiger partial charge < -0.3 is 10.4 Å². The zero-order valence-corrected chi connectivity index (χ0v) is 9.00. The van der Waals surface area contributed by atoms with Gasteiger partial charge in [0.05, 0.1) is 6.61 Å². The van der Waals surface area contributed by atoms with Crippen molar-refractivity contribution in [1.29, 1.82) is 0 Å². The molecule has 1 aromatic heterocycles. The SMILES string of the molecule is CNC(CO)CCSc1ncccn1. The van der Waals surface area contributed by atoms with Gasteiger partial charge in [-0.3, -0.25) is 0 Å². The number of likely N-dealkylation sites (N-methyl/N-ethyl adjacent to an activating group) is 1. The third-order valence-corrected chi connectivity index (χ3v) is 2.78. The second-order valence-electron chi connectivity index (χ2n) is 2.84. The van der Waals surface area contributed by atoms with Crippen molar-refractivity contribution in [2.24, 2.45) is 0 Å². The molecular weight excluding hydrogens is 198 g/mol. The van der Waals surface area contributed by atoms with Gasteiger partial charge in [-0.25, -0.2) is 9.97 Å². The van der Waals surface area contributed by atoms with Gasteiger partial charge in [-0.05, 0) is 19.5 Å². The van der Waals surface area contributed by atoms with Crippen LogP contribution in [0.25, 0.3) is 0 Å². The number of nitrogens with zero attached hydrogens (tertiary/aromatic N) is 2. The predicted molar refractivity (Wildman–Crippen MR) is 57.3 cm³/mol. The minimum absolute atomic E-state index is 0.172. The third-order valence-electron chi connectivity index (χ3n) is 1.87. The number of aliphatic hydroxyl groups excluding tert-OH is 1. The fraction of sp³-hybridized carbons (Fsp3) is 0.556. The van der Waals surface area contributed by atoms with Gasteiger partial charge in [-0.2, -0.15) is 0 Å². The van der Waals surface area contributed by atoms with Crippen molar-refractivity contribution in [3.05, 3.63) is 18.5 Å². The van der Waals surface area contributed by atoms with E-state index in [1.54, 1.807) is 30.2 Å². The molecule has 1 unspecified atom stereocenters. The highest BCUT2D eigenvalue weighted by Gasteiger charge is 2.04. The molecule has 0 saturated carbocycles. The molecule has 0 bridgehead atoms. The lowest BCUT2D eigenvalue weighted by atomic mass is 10.2. The van der Waals surface area contributed by atoms with Gasteiger partial charge in [-0.1, -0.05) is 11.8 Å². The van der Waals surface area contributed by atoms with Crippen LogP contribution in [0.5, 0.6) is 0 Å². The van der Waals surface area contributed by atoms with Crippen molar-refractivity contribution < 1.29 is 5.11 Å². The maximum absolute atomic E-state index is 8.92. The molecule has 14 heavy (non-hydrogen) atoms. The zero-order valence-electron chi connectivity index (χ0n) is 8.18. The van der Waals surface area contributed by atoms with Crippen LogP contribution >= 0.6 is 11.8 Å². The van der Waals surface area contributed by atoms with Gasteiger partial charge in [-0.15, -0.1) is 0 Å². The highest BCUT2D eigenvalue weighted by Crippen LogP contribution is 2.12. The Bertz CT molecular complexity index is 241. The molecule has 0 fully saturated rings. The molecule has 1 heterocycles. The monoisotopic (exact) mass is 213 g/mol. The van der Waals surface area contributed by atoms with Gasteiger partial charge in [0, 0.05) is 24.2 Å². The van der Waals surface area contributed by atoms with Gasteiger partial charge in [0.15, 0.2) is 5.16 Å². The summed E-state index contributed by atoms with van der Waals surface area (Å²) in [5.41, 5.74) is 0. The van der Waals surface area contributed by atoms with Crippen molar-refractivity contribution in [2.75, 3.05) is 19.4 Å². The molecule has 5 heteroatoms. The van der Waals surface area contributed by atoms with Crippen molar-refractivity contribution in [3.8, 4) is 0 Å². The first-order chi connectivity index (χ1) is 6.86. The van der Waals surface area contributed by atoms with E-state index in [1.165, 1.54) is 0 Å². The molecule has 0 amide bonds. The molecule has 78 valence electrons. The Morgan fingerprint density at radius 3 is 2.79 bits per heavy atom. The molecule has 1 rings (SSSR count). The molecule has 0 spiro atoms. The molecule has 1 atom stereocenters. The number of nitrogens with one attached hydrogen (secondary N) is 1. The molecule has 0 aromatic carbocycles. The van der Waals surface area contributed by atoms with Crippen molar-refractivity contribution in [1.82, 2.24) is 15.3 Å². The standard InChI is InChI=1S/C9H15N3OS/c1-10-8(7-13)3-6-14-9-11-4-2-5-12-9/h2,4-5,8,10,13H,3,6-7H2,1H3. The molecule has 0 saturated heterocycles. The Labute approximate surface area is 88.2 Å². The summed E-state index contributed by atoms with van der Waals surface area (Å²) in [6, 6.07) is 1.97. The van der Waals surface area contributed by atoms with Crippen LogP contribution in [0, 0.1) is 0 Å². The fourth-order valence-electron chi connectivity index (χ4n) is 0.979. The number of thioether (sulfide) groups is 1. The molecule has 2 N–H and O–H groups in total. The zero-order chi connectivity index (χ0) is 10.2. The van der Waals surface area contributed by atoms with E-state index in [-0.39, 0.29) is 12.6 Å². The van der Waals surface area contributed by atoms with E-state index in [0.29, 0.717) is 0 Å². The second-order valence-corrected chi connectivity index (χ2v) is 3.90. The lowest BCUT2D eigenvalue weighted by Gasteiger charge is -2.11. The lowest BCUT2D eigenvalue weighted by Crippen LogP contribution is -2.29. The summed E-state index contributed by atoms with van der Waals surface area (Å²) in [7, 11) is 1.85. The van der Waals surface area contributed by atoms with Crippen LogP contribution in [-0.2, 0) is 0 Å². The first kappa shape index (κ1) is 11.4. The first-order valence-corrected chi connectivity index (χ1v) is 5.53. The van der Waals surface area contributed by atoms with Crippen molar-refractivity contribution in [2.45, 2.75) is 17.6 Å². The van der Waals surface area contributed by atoms with E-state index in [0.717, 1.165) is 17.3 Å². The van der Waals surface area contributed by atoms with Crippen LogP contribution in [-0.4, -0.2) is 40.5 Å². The predicted octanol–water partition coefficient (Wildman–Crippen LogP) is 0.539. The number of hydrogen-bond acceptors (Lipinski definition) is 5. The Morgan fingerprint density at radius 2 is 2.21 bits per heavy atom. The summed E-state index contributed by atoms with van der Waals surface area (Å²) in [6.07, 6.45) is 4.38. The lowest BCUT2D eigenvalue weighted by molar-refractivity contribution is 0.246. The van der Waals surface area contributed by atoms with E-state index in [9.17, 15) is 0 Å². The third kappa shape index (κ3) is 4.04. The molecule has 4 nitrogen and oxygen atoms in total.